The number of amides is 2. The molecule has 0 aromatic heterocycles. The van der Waals surface area contributed by atoms with E-state index in [9.17, 15) is 13.2 Å². The molecule has 0 unspecified atom stereocenters. The van der Waals surface area contributed by atoms with Gasteiger partial charge in [-0.25, -0.2) is 17.9 Å². The second-order valence-electron chi connectivity index (χ2n) is 3.26. The summed E-state index contributed by atoms with van der Waals surface area (Å²) >= 11 is 1.43. The first-order valence-electron chi connectivity index (χ1n) is 5.01. The lowest BCUT2D eigenvalue weighted by atomic mass is 10.4. The van der Waals surface area contributed by atoms with Crippen molar-refractivity contribution in [3.8, 4) is 0 Å². The second kappa shape index (κ2) is 5.92. The van der Waals surface area contributed by atoms with Gasteiger partial charge < -0.3 is 5.73 Å². The summed E-state index contributed by atoms with van der Waals surface area (Å²) in [5, 5.41) is 0. The molecule has 0 heterocycles. The Kier molecular flexibility index (Phi) is 4.83. The van der Waals surface area contributed by atoms with Crippen molar-refractivity contribution in [3.63, 3.8) is 0 Å². The molecule has 7 heteroatoms. The van der Waals surface area contributed by atoms with Gasteiger partial charge in [-0.05, 0) is 24.3 Å². The Morgan fingerprint density at radius 2 is 2.06 bits per heavy atom. The van der Waals surface area contributed by atoms with Crippen LogP contribution in [0.15, 0.2) is 34.1 Å². The SMILES string of the molecule is CCCSc1ccccc1S(=O)(=O)NC(N)=O. The number of hydrogen-bond acceptors (Lipinski definition) is 4. The normalized spacial score (nSPS) is 11.1. The first kappa shape index (κ1) is 13.9. The molecule has 94 valence electrons. The van der Waals surface area contributed by atoms with Crippen molar-refractivity contribution in [2.24, 2.45) is 5.73 Å². The summed E-state index contributed by atoms with van der Waals surface area (Å²) < 4.78 is 25.4. The van der Waals surface area contributed by atoms with Gasteiger partial charge >= 0.3 is 6.03 Å². The fraction of sp³-hybridized carbons (Fsp3) is 0.300. The summed E-state index contributed by atoms with van der Waals surface area (Å²) in [5.74, 6) is 0.809. The van der Waals surface area contributed by atoms with Crippen molar-refractivity contribution in [1.29, 1.82) is 0 Å². The van der Waals surface area contributed by atoms with E-state index in [-0.39, 0.29) is 4.90 Å². The van der Waals surface area contributed by atoms with Crippen LogP contribution >= 0.6 is 11.8 Å². The summed E-state index contributed by atoms with van der Waals surface area (Å²) in [4.78, 5) is 11.3. The van der Waals surface area contributed by atoms with Crippen LogP contribution in [0.3, 0.4) is 0 Å². The molecule has 1 rings (SSSR count). The van der Waals surface area contributed by atoms with E-state index in [1.807, 2.05) is 6.92 Å². The minimum absolute atomic E-state index is 0.0808. The molecular weight excluding hydrogens is 260 g/mol. The smallest absolute Gasteiger partial charge is 0.326 e. The van der Waals surface area contributed by atoms with Gasteiger partial charge in [0, 0.05) is 4.90 Å². The van der Waals surface area contributed by atoms with Crippen LogP contribution in [0.2, 0.25) is 0 Å². The van der Waals surface area contributed by atoms with Crippen molar-refractivity contribution in [1.82, 2.24) is 4.72 Å². The van der Waals surface area contributed by atoms with Gasteiger partial charge in [-0.15, -0.1) is 11.8 Å². The molecule has 0 aliphatic heterocycles. The fourth-order valence-electron chi connectivity index (χ4n) is 1.19. The largest absolute Gasteiger partial charge is 0.351 e. The first-order valence-corrected chi connectivity index (χ1v) is 7.48. The molecule has 0 bridgehead atoms. The van der Waals surface area contributed by atoms with Crippen LogP contribution in [0.5, 0.6) is 0 Å². The first-order chi connectivity index (χ1) is 7.97. The molecule has 0 aliphatic carbocycles. The summed E-state index contributed by atoms with van der Waals surface area (Å²) in [6.45, 7) is 2.01. The van der Waals surface area contributed by atoms with E-state index in [0.717, 1.165) is 12.2 Å². The van der Waals surface area contributed by atoms with E-state index in [1.165, 1.54) is 17.8 Å². The Morgan fingerprint density at radius 1 is 1.41 bits per heavy atom. The van der Waals surface area contributed by atoms with E-state index in [4.69, 9.17) is 5.73 Å². The van der Waals surface area contributed by atoms with E-state index >= 15 is 0 Å². The maximum Gasteiger partial charge on any atom is 0.326 e. The molecule has 3 N–H and O–H groups in total. The van der Waals surface area contributed by atoms with Crippen molar-refractivity contribution in [3.05, 3.63) is 24.3 Å². The van der Waals surface area contributed by atoms with Gasteiger partial charge in [0.2, 0.25) is 0 Å². The lowest BCUT2D eigenvalue weighted by molar-refractivity contribution is 0.253. The van der Waals surface area contributed by atoms with Crippen LogP contribution in [-0.4, -0.2) is 20.2 Å². The summed E-state index contributed by atoms with van der Waals surface area (Å²) in [6.07, 6.45) is 0.933. The predicted molar refractivity (Wildman–Crippen MR) is 67.4 cm³/mol. The lowest BCUT2D eigenvalue weighted by Crippen LogP contribution is -2.35. The zero-order valence-corrected chi connectivity index (χ0v) is 11.0. The number of thioether (sulfide) groups is 1. The van der Waals surface area contributed by atoms with Gasteiger partial charge in [0.25, 0.3) is 10.0 Å². The highest BCUT2D eigenvalue weighted by Gasteiger charge is 2.19. The molecular formula is C10H14N2O3S2. The molecule has 0 saturated heterocycles. The van der Waals surface area contributed by atoms with Crippen molar-refractivity contribution >= 4 is 27.8 Å². The zero-order valence-electron chi connectivity index (χ0n) is 9.34. The summed E-state index contributed by atoms with van der Waals surface area (Å²) in [6, 6.07) is 5.42. The molecule has 17 heavy (non-hydrogen) atoms. The molecule has 0 radical (unpaired) electrons. The van der Waals surface area contributed by atoms with Crippen LogP contribution in [0, 0.1) is 0 Å². The Bertz CT molecular complexity index is 500. The molecule has 1 aromatic carbocycles. The molecule has 0 aliphatic rings. The highest BCUT2D eigenvalue weighted by atomic mass is 32.2. The molecule has 0 fully saturated rings. The topological polar surface area (TPSA) is 89.3 Å². The number of benzene rings is 1. The zero-order chi connectivity index (χ0) is 12.9. The van der Waals surface area contributed by atoms with Crippen LogP contribution in [0.1, 0.15) is 13.3 Å². The standard InChI is InChI=1S/C10H14N2O3S2/c1-2-7-16-8-5-3-4-6-9(8)17(14,15)12-10(11)13/h3-6H,2,7H2,1H3,(H3,11,12,13). The summed E-state index contributed by atoms with van der Waals surface area (Å²) in [7, 11) is -3.87. The number of primary amides is 1. The number of urea groups is 1. The number of sulfonamides is 1. The number of hydrogen-bond donors (Lipinski definition) is 2. The third-order valence-corrected chi connectivity index (χ3v) is 4.65. The number of nitrogens with two attached hydrogens (primary N) is 1. The van der Waals surface area contributed by atoms with Gasteiger partial charge in [-0.2, -0.15) is 0 Å². The predicted octanol–water partition coefficient (Wildman–Crippen LogP) is 1.55. The van der Waals surface area contributed by atoms with Crippen molar-refractivity contribution in [2.75, 3.05) is 5.75 Å². The molecule has 1 aromatic rings. The van der Waals surface area contributed by atoms with E-state index in [0.29, 0.717) is 4.90 Å². The monoisotopic (exact) mass is 274 g/mol. The second-order valence-corrected chi connectivity index (χ2v) is 6.05. The highest BCUT2D eigenvalue weighted by Crippen LogP contribution is 2.26. The number of carbonyl (C=O) groups is 1. The number of rotatable bonds is 5. The fourth-order valence-corrected chi connectivity index (χ4v) is 3.47. The van der Waals surface area contributed by atoms with E-state index in [2.05, 4.69) is 0 Å². The Labute approximate surface area is 105 Å². The molecule has 0 atom stereocenters. The quantitative estimate of drug-likeness (QED) is 0.797. The maximum absolute atomic E-state index is 11.8. The Morgan fingerprint density at radius 3 is 2.65 bits per heavy atom. The molecule has 2 amide bonds. The Balaban J connectivity index is 3.08. The molecule has 0 spiro atoms. The highest BCUT2D eigenvalue weighted by molar-refractivity contribution is 8.00. The average molecular weight is 274 g/mol. The van der Waals surface area contributed by atoms with Crippen LogP contribution in [0.4, 0.5) is 4.79 Å². The minimum Gasteiger partial charge on any atom is -0.351 e. The van der Waals surface area contributed by atoms with Crippen LogP contribution in [-0.2, 0) is 10.0 Å². The van der Waals surface area contributed by atoms with Gasteiger partial charge in [0.1, 0.15) is 4.90 Å². The average Bonchev–Trinajstić information content (AvgIpc) is 2.25. The van der Waals surface area contributed by atoms with Gasteiger partial charge in [0.15, 0.2) is 0 Å². The van der Waals surface area contributed by atoms with Gasteiger partial charge in [0.05, 0.1) is 0 Å². The number of nitrogens with one attached hydrogen (secondary N) is 1. The lowest BCUT2D eigenvalue weighted by Gasteiger charge is -2.09. The van der Waals surface area contributed by atoms with Crippen LogP contribution < -0.4 is 10.5 Å². The van der Waals surface area contributed by atoms with Gasteiger partial charge in [-0.3, -0.25) is 0 Å². The summed E-state index contributed by atoms with van der Waals surface area (Å²) in [5.41, 5.74) is 4.83. The van der Waals surface area contributed by atoms with Crippen molar-refractivity contribution in [2.45, 2.75) is 23.1 Å². The third kappa shape index (κ3) is 3.94. The van der Waals surface area contributed by atoms with Gasteiger partial charge in [-0.1, -0.05) is 19.1 Å². The molecule has 5 nitrogen and oxygen atoms in total. The third-order valence-electron chi connectivity index (χ3n) is 1.84. The van der Waals surface area contributed by atoms with Crippen molar-refractivity contribution < 1.29 is 13.2 Å². The Hall–Kier alpha value is -1.21. The number of carbonyl (C=O) groups excluding carboxylic acids is 1. The maximum atomic E-state index is 11.8. The molecule has 0 saturated carbocycles. The minimum atomic E-state index is -3.87. The van der Waals surface area contributed by atoms with Crippen LogP contribution in [0.25, 0.3) is 0 Å². The van der Waals surface area contributed by atoms with E-state index in [1.54, 1.807) is 22.9 Å². The van der Waals surface area contributed by atoms with E-state index < -0.39 is 16.1 Å².